The van der Waals surface area contributed by atoms with Crippen molar-refractivity contribution in [3.8, 4) is 23.1 Å². The molecule has 1 aliphatic rings. The van der Waals surface area contributed by atoms with Crippen LogP contribution in [0.15, 0.2) is 59.5 Å². The van der Waals surface area contributed by atoms with Crippen LogP contribution in [0.2, 0.25) is 0 Å². The highest BCUT2D eigenvalue weighted by atomic mass is 16.5. The van der Waals surface area contributed by atoms with E-state index in [9.17, 15) is 4.79 Å². The van der Waals surface area contributed by atoms with Crippen LogP contribution < -0.4 is 31.0 Å². The second-order valence-electron chi connectivity index (χ2n) is 8.50. The van der Waals surface area contributed by atoms with Gasteiger partial charge in [0.1, 0.15) is 11.9 Å². The third kappa shape index (κ3) is 6.53. The fourth-order valence-electron chi connectivity index (χ4n) is 3.83. The van der Waals surface area contributed by atoms with Crippen molar-refractivity contribution in [2.75, 3.05) is 25.6 Å². The molecule has 1 atom stereocenters. The van der Waals surface area contributed by atoms with Crippen LogP contribution in [0.25, 0.3) is 5.82 Å². The van der Waals surface area contributed by atoms with Crippen molar-refractivity contribution in [1.29, 1.82) is 5.41 Å². The highest BCUT2D eigenvalue weighted by molar-refractivity contribution is 5.95. The van der Waals surface area contributed by atoms with Gasteiger partial charge in [-0.25, -0.2) is 4.79 Å². The van der Waals surface area contributed by atoms with Crippen LogP contribution in [-0.2, 0) is 4.79 Å². The highest BCUT2D eigenvalue weighted by Crippen LogP contribution is 2.42. The van der Waals surface area contributed by atoms with Crippen LogP contribution in [0.1, 0.15) is 36.3 Å². The zero-order valence-electron chi connectivity index (χ0n) is 21.7. The number of nitrogens with zero attached hydrogens (tertiary/aromatic N) is 4. The van der Waals surface area contributed by atoms with Crippen molar-refractivity contribution in [2.24, 2.45) is 5.73 Å². The fraction of sp³-hybridized carbons (Fsp3) is 0.231. The molecule has 0 fully saturated rings. The predicted molar refractivity (Wildman–Crippen MR) is 145 cm³/mol. The quantitative estimate of drug-likeness (QED) is 0.167. The molecule has 0 spiro atoms. The van der Waals surface area contributed by atoms with Gasteiger partial charge in [-0.05, 0) is 54.1 Å². The normalized spacial score (nSPS) is 12.8. The number of aliphatic carboxylic acids is 1. The van der Waals surface area contributed by atoms with Crippen LogP contribution >= 0.6 is 0 Å². The number of aromatic nitrogens is 5. The number of anilines is 1. The first kappa shape index (κ1) is 27.6. The molecule has 3 heterocycles. The van der Waals surface area contributed by atoms with Crippen LogP contribution in [0.5, 0.6) is 17.2 Å². The third-order valence-electron chi connectivity index (χ3n) is 5.58. The van der Waals surface area contributed by atoms with E-state index in [1.165, 1.54) is 6.20 Å². The molecule has 2 aromatic carbocycles. The molecule has 6 N–H and O–H groups in total. The Morgan fingerprint density at radius 2 is 1.95 bits per heavy atom. The van der Waals surface area contributed by atoms with E-state index in [0.29, 0.717) is 53.1 Å². The molecule has 5 rings (SSSR count). The molecule has 1 aliphatic heterocycles. The van der Waals surface area contributed by atoms with Crippen molar-refractivity contribution in [2.45, 2.75) is 19.4 Å². The number of hydrogen-bond donors (Lipinski definition) is 5. The number of ether oxygens (including phenoxy) is 3. The first-order valence-electron chi connectivity index (χ1n) is 12.1. The summed E-state index contributed by atoms with van der Waals surface area (Å²) in [6.07, 6.45) is 2.26. The van der Waals surface area contributed by atoms with Crippen molar-refractivity contribution in [3.05, 3.63) is 82.2 Å². The number of rotatable bonds is 7. The summed E-state index contributed by atoms with van der Waals surface area (Å²) in [6, 6.07) is 13.4. The van der Waals surface area contributed by atoms with E-state index in [2.05, 4.69) is 25.6 Å². The summed E-state index contributed by atoms with van der Waals surface area (Å²) in [7, 11) is 1.56. The Morgan fingerprint density at radius 1 is 1.23 bits per heavy atom. The standard InChI is InChI=1S/C24H24N8O4.C2H4O2/c1-34-17-12-15(13-18-21(17)36-11-3-10-35-18)20(28-16-7-5-14(6-8-16)22(25)26)23-29-24(33)32(31-23)19-4-2-9-27-30-19;1-2(3)4/h2,4-9,12-13,20,28H,3,10-11H2,1H3,(H3,25,26)(H,29,31,33);1H3,(H,3,4). The van der Waals surface area contributed by atoms with E-state index in [0.717, 1.165) is 18.0 Å². The highest BCUT2D eigenvalue weighted by Gasteiger charge is 2.25. The Hall–Kier alpha value is -5.40. The summed E-state index contributed by atoms with van der Waals surface area (Å²) in [6.45, 7) is 2.10. The number of fused-ring (bicyclic) bond motifs is 1. The lowest BCUT2D eigenvalue weighted by molar-refractivity contribution is -0.134. The van der Waals surface area contributed by atoms with Gasteiger partial charge in [-0.15, -0.1) is 10.2 Å². The number of nitrogen functional groups attached to an aromatic ring is 1. The van der Waals surface area contributed by atoms with E-state index in [-0.39, 0.29) is 11.7 Å². The molecule has 14 nitrogen and oxygen atoms in total. The Bertz CT molecular complexity index is 1530. The second-order valence-corrected chi connectivity index (χ2v) is 8.50. The molecule has 1 unspecified atom stereocenters. The van der Waals surface area contributed by atoms with Crippen molar-refractivity contribution < 1.29 is 24.1 Å². The Kier molecular flexibility index (Phi) is 8.59. The van der Waals surface area contributed by atoms with Crippen LogP contribution in [-0.4, -0.2) is 62.2 Å². The average Bonchev–Trinajstić information content (AvgIpc) is 3.16. The summed E-state index contributed by atoms with van der Waals surface area (Å²) < 4.78 is 18.5. The van der Waals surface area contributed by atoms with Gasteiger partial charge in [0, 0.05) is 30.8 Å². The molecular formula is C26H28N8O6. The maximum Gasteiger partial charge on any atom is 0.349 e. The third-order valence-corrected chi connectivity index (χ3v) is 5.58. The zero-order chi connectivity index (χ0) is 28.6. The fourth-order valence-corrected chi connectivity index (χ4v) is 3.83. The molecule has 4 aromatic rings. The molecule has 0 aliphatic carbocycles. The number of methoxy groups -OCH3 is 1. The molecule has 208 valence electrons. The largest absolute Gasteiger partial charge is 0.493 e. The van der Waals surface area contributed by atoms with Gasteiger partial charge in [-0.2, -0.15) is 9.78 Å². The lowest BCUT2D eigenvalue weighted by Crippen LogP contribution is -2.17. The SMILES string of the molecule is CC(=O)O.COc1cc(C(Nc2ccc(C(=N)N)cc2)c2nn(-c3cccnn3)c(=O)[nH]2)cc2c1OCCCO2. The minimum atomic E-state index is -0.833. The zero-order valence-corrected chi connectivity index (χ0v) is 21.7. The smallest absolute Gasteiger partial charge is 0.349 e. The van der Waals surface area contributed by atoms with E-state index in [1.807, 2.05) is 12.1 Å². The van der Waals surface area contributed by atoms with Gasteiger partial charge >= 0.3 is 5.69 Å². The van der Waals surface area contributed by atoms with Gasteiger partial charge in [0.05, 0.1) is 20.3 Å². The molecule has 0 radical (unpaired) electrons. The molecule has 0 saturated heterocycles. The number of carbonyl (C=O) groups is 1. The Balaban J connectivity index is 0.000000867. The van der Waals surface area contributed by atoms with E-state index >= 15 is 0 Å². The molecule has 14 heteroatoms. The summed E-state index contributed by atoms with van der Waals surface area (Å²) in [5, 5.41) is 30.8. The maximum atomic E-state index is 12.8. The lowest BCUT2D eigenvalue weighted by atomic mass is 10.0. The van der Waals surface area contributed by atoms with Gasteiger partial charge in [0.15, 0.2) is 23.1 Å². The number of nitrogens with two attached hydrogens (primary N) is 1. The van der Waals surface area contributed by atoms with Gasteiger partial charge in [-0.1, -0.05) is 0 Å². The summed E-state index contributed by atoms with van der Waals surface area (Å²) in [4.78, 5) is 24.6. The van der Waals surface area contributed by atoms with Crippen LogP contribution in [0.3, 0.4) is 0 Å². The molecule has 0 amide bonds. The van der Waals surface area contributed by atoms with Crippen molar-refractivity contribution in [3.63, 3.8) is 0 Å². The number of hydrogen-bond acceptors (Lipinski definition) is 10. The van der Waals surface area contributed by atoms with E-state index < -0.39 is 17.7 Å². The Morgan fingerprint density at radius 3 is 2.60 bits per heavy atom. The van der Waals surface area contributed by atoms with Crippen LogP contribution in [0.4, 0.5) is 5.69 Å². The second kappa shape index (κ2) is 12.4. The topological polar surface area (TPSA) is 203 Å². The number of amidine groups is 1. The molecular weight excluding hydrogens is 520 g/mol. The molecule has 2 aromatic heterocycles. The first-order chi connectivity index (χ1) is 19.3. The van der Waals surface area contributed by atoms with Gasteiger partial charge in [0.25, 0.3) is 5.97 Å². The maximum absolute atomic E-state index is 12.8. The monoisotopic (exact) mass is 548 g/mol. The summed E-state index contributed by atoms with van der Waals surface area (Å²) in [5.74, 6) is 1.32. The Labute approximate surface area is 228 Å². The number of benzene rings is 2. The lowest BCUT2D eigenvalue weighted by Gasteiger charge is -2.21. The van der Waals surface area contributed by atoms with E-state index in [1.54, 1.807) is 43.5 Å². The molecule has 0 saturated carbocycles. The van der Waals surface area contributed by atoms with Gasteiger partial charge < -0.3 is 30.4 Å². The van der Waals surface area contributed by atoms with E-state index in [4.69, 9.17) is 35.3 Å². The predicted octanol–water partition coefficient (Wildman–Crippen LogP) is 2.10. The van der Waals surface area contributed by atoms with Crippen molar-refractivity contribution >= 4 is 17.5 Å². The molecule has 40 heavy (non-hydrogen) atoms. The first-order valence-corrected chi connectivity index (χ1v) is 12.1. The average molecular weight is 549 g/mol. The minimum Gasteiger partial charge on any atom is -0.493 e. The number of carboxylic acid groups (broad SMARTS) is 1. The van der Waals surface area contributed by atoms with Crippen LogP contribution in [0, 0.1) is 5.41 Å². The molecule has 0 bridgehead atoms. The summed E-state index contributed by atoms with van der Waals surface area (Å²) >= 11 is 0. The van der Waals surface area contributed by atoms with Crippen molar-refractivity contribution in [1.82, 2.24) is 25.0 Å². The summed E-state index contributed by atoms with van der Waals surface area (Å²) in [5.41, 5.74) is 7.14. The minimum absolute atomic E-state index is 0.0298. The number of aromatic amines is 1. The van der Waals surface area contributed by atoms with Gasteiger partial charge in [0.2, 0.25) is 5.75 Å². The number of nitrogens with one attached hydrogen (secondary N) is 3. The van der Waals surface area contributed by atoms with Gasteiger partial charge in [-0.3, -0.25) is 15.2 Å². The number of carboxylic acids is 1. The number of H-pyrrole nitrogens is 1.